The Morgan fingerprint density at radius 1 is 1.17 bits per heavy atom. The van der Waals surface area contributed by atoms with Gasteiger partial charge in [-0.05, 0) is 44.1 Å². The highest BCUT2D eigenvalue weighted by Gasteiger charge is 2.12. The number of rotatable bonds is 7. The minimum Gasteiger partial charge on any atom is -0.487 e. The first-order chi connectivity index (χ1) is 11.7. The van der Waals surface area contributed by atoms with E-state index in [1.54, 1.807) is 0 Å². The third kappa shape index (κ3) is 5.14. The fourth-order valence-corrected chi connectivity index (χ4v) is 3.37. The molecule has 1 aromatic carbocycles. The molecule has 0 atom stereocenters. The Balaban J connectivity index is 1.39. The van der Waals surface area contributed by atoms with Crippen LogP contribution < -0.4 is 4.74 Å². The Morgan fingerprint density at radius 2 is 1.92 bits per heavy atom. The smallest absolute Gasteiger partial charge is 0.141 e. The van der Waals surface area contributed by atoms with Crippen LogP contribution in [-0.4, -0.2) is 59.2 Å². The number of likely N-dealkylation sites (N-methyl/N-ethyl adjacent to an activating group) is 1. The minimum atomic E-state index is 0.359. The molecule has 0 N–H and O–H groups in total. The monoisotopic (exact) mass is 366 g/mol. The van der Waals surface area contributed by atoms with Crippen LogP contribution in [0.4, 0.5) is 0 Å². The summed E-state index contributed by atoms with van der Waals surface area (Å²) in [6.45, 7) is 6.29. The van der Waals surface area contributed by atoms with Crippen LogP contribution in [-0.2, 0) is 13.0 Å². The summed E-state index contributed by atoms with van der Waals surface area (Å²) >= 11 is 7.15. The molecule has 1 aliphatic heterocycles. The van der Waals surface area contributed by atoms with Gasteiger partial charge in [-0.2, -0.15) is 0 Å². The molecule has 2 aromatic rings. The highest BCUT2D eigenvalue weighted by Crippen LogP contribution is 2.20. The largest absolute Gasteiger partial charge is 0.487 e. The summed E-state index contributed by atoms with van der Waals surface area (Å²) in [5.41, 5.74) is 2.04. The van der Waals surface area contributed by atoms with Crippen molar-refractivity contribution in [2.45, 2.75) is 19.4 Å². The van der Waals surface area contributed by atoms with Crippen molar-refractivity contribution in [2.24, 2.45) is 0 Å². The van der Waals surface area contributed by atoms with Crippen LogP contribution in [0.1, 0.15) is 17.7 Å². The Hall–Kier alpha value is -1.21. The molecule has 0 unspecified atom stereocenters. The molecule has 0 bridgehead atoms. The van der Waals surface area contributed by atoms with Gasteiger partial charge >= 0.3 is 0 Å². The van der Waals surface area contributed by atoms with Crippen molar-refractivity contribution >= 4 is 23.1 Å². The van der Waals surface area contributed by atoms with Crippen molar-refractivity contribution in [3.63, 3.8) is 0 Å². The van der Waals surface area contributed by atoms with E-state index in [1.807, 2.05) is 12.1 Å². The van der Waals surface area contributed by atoms with Crippen molar-refractivity contribution in [3.8, 4) is 5.75 Å². The lowest BCUT2D eigenvalue weighted by atomic mass is 10.1. The lowest BCUT2D eigenvalue weighted by Crippen LogP contribution is -2.44. The van der Waals surface area contributed by atoms with Gasteiger partial charge in [0, 0.05) is 37.7 Å². The van der Waals surface area contributed by atoms with Crippen molar-refractivity contribution < 1.29 is 4.74 Å². The van der Waals surface area contributed by atoms with Crippen LogP contribution in [0.5, 0.6) is 5.75 Å². The van der Waals surface area contributed by atoms with Crippen LogP contribution in [0.3, 0.4) is 0 Å². The molecule has 1 fully saturated rings. The Labute approximate surface area is 152 Å². The molecule has 1 saturated heterocycles. The van der Waals surface area contributed by atoms with Gasteiger partial charge in [0.1, 0.15) is 22.4 Å². The predicted molar refractivity (Wildman–Crippen MR) is 98.0 cm³/mol. The lowest BCUT2D eigenvalue weighted by molar-refractivity contribution is 0.153. The average molecular weight is 367 g/mol. The number of benzene rings is 1. The Bertz CT molecular complexity index is 626. The molecule has 7 heteroatoms. The molecule has 0 aliphatic carbocycles. The van der Waals surface area contributed by atoms with E-state index < -0.39 is 0 Å². The van der Waals surface area contributed by atoms with Crippen LogP contribution in [0.2, 0.25) is 4.34 Å². The summed E-state index contributed by atoms with van der Waals surface area (Å²) in [5.74, 6) is 0.835. The van der Waals surface area contributed by atoms with Gasteiger partial charge in [0.15, 0.2) is 0 Å². The molecule has 5 nitrogen and oxygen atoms in total. The second-order valence-corrected chi connectivity index (χ2v) is 7.53. The van der Waals surface area contributed by atoms with E-state index in [2.05, 4.69) is 38.6 Å². The first-order valence-electron chi connectivity index (χ1n) is 8.30. The molecule has 2 heterocycles. The van der Waals surface area contributed by atoms with Gasteiger partial charge in [0.05, 0.1) is 0 Å². The van der Waals surface area contributed by atoms with Crippen molar-refractivity contribution in [1.29, 1.82) is 0 Å². The van der Waals surface area contributed by atoms with E-state index in [9.17, 15) is 0 Å². The number of ether oxygens (including phenoxy) is 1. The fourth-order valence-electron chi connectivity index (χ4n) is 2.77. The quantitative estimate of drug-likeness (QED) is 0.753. The second-order valence-electron chi connectivity index (χ2n) is 6.17. The van der Waals surface area contributed by atoms with Gasteiger partial charge in [-0.25, -0.2) is 0 Å². The standard InChI is InChI=1S/C17H23ClN4OS/c1-21-9-11-22(12-10-21)8-2-3-14-4-6-15(7-5-14)23-13-16-17(18)24-20-19-16/h4-7H,2-3,8-13H2,1H3. The molecule has 1 aromatic heterocycles. The van der Waals surface area contributed by atoms with Crippen molar-refractivity contribution in [1.82, 2.24) is 19.4 Å². The summed E-state index contributed by atoms with van der Waals surface area (Å²) in [5, 5.41) is 3.94. The second kappa shape index (κ2) is 8.76. The number of halogens is 1. The molecule has 1 aliphatic rings. The van der Waals surface area contributed by atoms with E-state index in [1.165, 1.54) is 56.2 Å². The summed E-state index contributed by atoms with van der Waals surface area (Å²) in [6.07, 6.45) is 2.30. The van der Waals surface area contributed by atoms with Crippen LogP contribution in [0.15, 0.2) is 24.3 Å². The van der Waals surface area contributed by atoms with Gasteiger partial charge in [0.2, 0.25) is 0 Å². The Kier molecular flexibility index (Phi) is 6.43. The number of hydrogen-bond donors (Lipinski definition) is 0. The molecule has 0 saturated carbocycles. The maximum Gasteiger partial charge on any atom is 0.141 e. The molecule has 3 rings (SSSR count). The predicted octanol–water partition coefficient (Wildman–Crippen LogP) is 2.95. The zero-order chi connectivity index (χ0) is 16.8. The normalized spacial score (nSPS) is 16.4. The minimum absolute atomic E-state index is 0.359. The molecular weight excluding hydrogens is 344 g/mol. The van der Waals surface area contributed by atoms with Crippen molar-refractivity contribution in [2.75, 3.05) is 39.8 Å². The van der Waals surface area contributed by atoms with E-state index in [0.717, 1.165) is 12.2 Å². The van der Waals surface area contributed by atoms with Crippen molar-refractivity contribution in [3.05, 3.63) is 39.9 Å². The Morgan fingerprint density at radius 3 is 2.58 bits per heavy atom. The number of nitrogens with zero attached hydrogens (tertiary/aromatic N) is 4. The molecule has 0 radical (unpaired) electrons. The summed E-state index contributed by atoms with van der Waals surface area (Å²) in [6, 6.07) is 8.30. The molecule has 130 valence electrons. The maximum absolute atomic E-state index is 5.97. The molecular formula is C17H23ClN4OS. The molecule has 24 heavy (non-hydrogen) atoms. The topological polar surface area (TPSA) is 41.5 Å². The van der Waals surface area contributed by atoms with E-state index >= 15 is 0 Å². The number of piperazine rings is 1. The highest BCUT2D eigenvalue weighted by molar-refractivity contribution is 7.10. The average Bonchev–Trinajstić information content (AvgIpc) is 3.01. The maximum atomic E-state index is 5.97. The van der Waals surface area contributed by atoms with Gasteiger partial charge in [-0.1, -0.05) is 28.2 Å². The number of hydrogen-bond acceptors (Lipinski definition) is 6. The lowest BCUT2D eigenvalue weighted by Gasteiger charge is -2.32. The van der Waals surface area contributed by atoms with Crippen LogP contribution >= 0.6 is 23.1 Å². The van der Waals surface area contributed by atoms with Crippen LogP contribution in [0, 0.1) is 0 Å². The van der Waals surface area contributed by atoms with E-state index in [4.69, 9.17) is 16.3 Å². The third-order valence-electron chi connectivity index (χ3n) is 4.34. The van der Waals surface area contributed by atoms with Gasteiger partial charge in [-0.15, -0.1) is 5.10 Å². The summed E-state index contributed by atoms with van der Waals surface area (Å²) in [7, 11) is 2.19. The van der Waals surface area contributed by atoms with E-state index in [-0.39, 0.29) is 0 Å². The zero-order valence-electron chi connectivity index (χ0n) is 13.9. The first-order valence-corrected chi connectivity index (χ1v) is 9.45. The summed E-state index contributed by atoms with van der Waals surface area (Å²) < 4.78 is 10.1. The van der Waals surface area contributed by atoms with E-state index in [0.29, 0.717) is 16.6 Å². The first kappa shape index (κ1) is 17.6. The zero-order valence-corrected chi connectivity index (χ0v) is 15.5. The SMILES string of the molecule is CN1CCN(CCCc2ccc(OCc3nnsc3Cl)cc2)CC1. The van der Waals surface area contributed by atoms with Gasteiger partial charge < -0.3 is 14.5 Å². The summed E-state index contributed by atoms with van der Waals surface area (Å²) in [4.78, 5) is 4.95. The third-order valence-corrected chi connectivity index (χ3v) is 5.33. The number of aryl methyl sites for hydroxylation is 1. The molecule has 0 spiro atoms. The van der Waals surface area contributed by atoms with Gasteiger partial charge in [-0.3, -0.25) is 0 Å². The van der Waals surface area contributed by atoms with Crippen LogP contribution in [0.25, 0.3) is 0 Å². The fraction of sp³-hybridized carbons (Fsp3) is 0.529. The molecule has 0 amide bonds. The highest BCUT2D eigenvalue weighted by atomic mass is 35.5. The number of aromatic nitrogens is 2. The van der Waals surface area contributed by atoms with Gasteiger partial charge in [0.25, 0.3) is 0 Å².